The predicted octanol–water partition coefficient (Wildman–Crippen LogP) is 1.53. The van der Waals surface area contributed by atoms with Crippen LogP contribution in [-0.4, -0.2) is 14.7 Å². The van der Waals surface area contributed by atoms with E-state index in [-0.39, 0.29) is 5.91 Å². The van der Waals surface area contributed by atoms with Crippen molar-refractivity contribution in [1.82, 2.24) is 14.1 Å². The zero-order chi connectivity index (χ0) is 9.80. The van der Waals surface area contributed by atoms with Crippen LogP contribution >= 0.6 is 23.1 Å². The van der Waals surface area contributed by atoms with Gasteiger partial charge in [0.25, 0.3) is 5.91 Å². The van der Waals surface area contributed by atoms with E-state index in [4.69, 9.17) is 0 Å². The Bertz CT molecular complexity index is 396. The summed E-state index contributed by atoms with van der Waals surface area (Å²) in [7, 11) is 0. The third-order valence-corrected chi connectivity index (χ3v) is 2.95. The second-order valence-corrected chi connectivity index (χ2v) is 4.14. The Morgan fingerprint density at radius 1 is 1.57 bits per heavy atom. The molecule has 0 saturated carbocycles. The Balaban J connectivity index is 1.90. The minimum atomic E-state index is -0.174. The lowest BCUT2D eigenvalue weighted by atomic mass is 10.4. The van der Waals surface area contributed by atoms with E-state index < -0.39 is 0 Å². The van der Waals surface area contributed by atoms with Crippen LogP contribution in [0.25, 0.3) is 0 Å². The van der Waals surface area contributed by atoms with Gasteiger partial charge in [0, 0.05) is 4.88 Å². The Morgan fingerprint density at radius 3 is 3.14 bits per heavy atom. The number of carbonyl (C=O) groups excluding carboxylic acids is 1. The number of thiophene rings is 1. The van der Waals surface area contributed by atoms with Crippen molar-refractivity contribution in [2.45, 2.75) is 6.54 Å². The molecule has 4 nitrogen and oxygen atoms in total. The summed E-state index contributed by atoms with van der Waals surface area (Å²) in [4.78, 5) is 12.5. The van der Waals surface area contributed by atoms with E-state index in [2.05, 4.69) is 14.1 Å². The lowest BCUT2D eigenvalue weighted by molar-refractivity contribution is 0.0947. The van der Waals surface area contributed by atoms with Gasteiger partial charge in [-0.2, -0.15) is 8.75 Å². The van der Waals surface area contributed by atoms with Crippen molar-refractivity contribution >= 4 is 29.0 Å². The molecule has 2 aromatic rings. The minimum Gasteiger partial charge on any atom is -0.346 e. The quantitative estimate of drug-likeness (QED) is 0.861. The SMILES string of the molecule is O=C(NCc1cccs1)c1cnsn1. The van der Waals surface area contributed by atoms with Crippen molar-refractivity contribution in [3.63, 3.8) is 0 Å². The molecule has 0 spiro atoms. The largest absolute Gasteiger partial charge is 0.346 e. The molecule has 0 aliphatic carbocycles. The molecular formula is C8H7N3OS2. The number of aromatic nitrogens is 2. The Morgan fingerprint density at radius 2 is 2.50 bits per heavy atom. The topological polar surface area (TPSA) is 54.9 Å². The highest BCUT2D eigenvalue weighted by Crippen LogP contribution is 2.07. The van der Waals surface area contributed by atoms with Crippen LogP contribution in [0.2, 0.25) is 0 Å². The third kappa shape index (κ3) is 2.15. The highest BCUT2D eigenvalue weighted by atomic mass is 32.1. The van der Waals surface area contributed by atoms with Crippen molar-refractivity contribution in [3.8, 4) is 0 Å². The van der Waals surface area contributed by atoms with Crippen molar-refractivity contribution < 1.29 is 4.79 Å². The van der Waals surface area contributed by atoms with Crippen LogP contribution in [0, 0.1) is 0 Å². The van der Waals surface area contributed by atoms with Gasteiger partial charge in [0.15, 0.2) is 5.69 Å². The fourth-order valence-corrected chi connectivity index (χ4v) is 1.99. The molecule has 2 heterocycles. The molecule has 0 radical (unpaired) electrons. The molecule has 14 heavy (non-hydrogen) atoms. The van der Waals surface area contributed by atoms with Crippen molar-refractivity contribution in [3.05, 3.63) is 34.3 Å². The van der Waals surface area contributed by atoms with Crippen LogP contribution < -0.4 is 5.32 Å². The van der Waals surface area contributed by atoms with E-state index in [0.29, 0.717) is 12.2 Å². The number of amides is 1. The molecule has 6 heteroatoms. The van der Waals surface area contributed by atoms with Crippen molar-refractivity contribution in [2.75, 3.05) is 0 Å². The van der Waals surface area contributed by atoms with E-state index >= 15 is 0 Å². The molecule has 1 N–H and O–H groups in total. The van der Waals surface area contributed by atoms with Gasteiger partial charge in [-0.3, -0.25) is 4.79 Å². The lowest BCUT2D eigenvalue weighted by Gasteiger charge is -1.99. The first-order valence-corrected chi connectivity index (χ1v) is 5.55. The maximum Gasteiger partial charge on any atom is 0.272 e. The van der Waals surface area contributed by atoms with Gasteiger partial charge in [0.2, 0.25) is 0 Å². The third-order valence-electron chi connectivity index (χ3n) is 1.60. The first-order chi connectivity index (χ1) is 6.86. The smallest absolute Gasteiger partial charge is 0.272 e. The molecule has 0 unspecified atom stereocenters. The van der Waals surface area contributed by atoms with Gasteiger partial charge >= 0.3 is 0 Å². The number of carbonyl (C=O) groups is 1. The lowest BCUT2D eigenvalue weighted by Crippen LogP contribution is -2.22. The average Bonchev–Trinajstić information content (AvgIpc) is 2.87. The second-order valence-electron chi connectivity index (χ2n) is 2.55. The van der Waals surface area contributed by atoms with Gasteiger partial charge in [-0.1, -0.05) is 6.07 Å². The Hall–Kier alpha value is -1.27. The van der Waals surface area contributed by atoms with Crippen LogP contribution in [0.3, 0.4) is 0 Å². The Labute approximate surface area is 88.9 Å². The van der Waals surface area contributed by atoms with Crippen molar-refractivity contribution in [1.29, 1.82) is 0 Å². The molecule has 0 aliphatic rings. The van der Waals surface area contributed by atoms with Gasteiger partial charge in [-0.05, 0) is 11.4 Å². The first kappa shape index (κ1) is 9.29. The summed E-state index contributed by atoms with van der Waals surface area (Å²) in [6, 6.07) is 3.93. The molecule has 1 amide bonds. The van der Waals surface area contributed by atoms with E-state index in [9.17, 15) is 4.79 Å². The highest BCUT2D eigenvalue weighted by Gasteiger charge is 2.07. The normalized spacial score (nSPS) is 10.0. The summed E-state index contributed by atoms with van der Waals surface area (Å²) in [5, 5.41) is 4.74. The number of hydrogen-bond donors (Lipinski definition) is 1. The van der Waals surface area contributed by atoms with Crippen LogP contribution in [0.15, 0.2) is 23.7 Å². The van der Waals surface area contributed by atoms with Crippen LogP contribution in [0.4, 0.5) is 0 Å². The molecule has 72 valence electrons. The summed E-state index contributed by atoms with van der Waals surface area (Å²) in [5.41, 5.74) is 0.381. The minimum absolute atomic E-state index is 0.174. The maximum absolute atomic E-state index is 11.4. The average molecular weight is 225 g/mol. The van der Waals surface area contributed by atoms with Crippen LogP contribution in [0.1, 0.15) is 15.4 Å². The second kappa shape index (κ2) is 4.30. The monoisotopic (exact) mass is 225 g/mol. The maximum atomic E-state index is 11.4. The summed E-state index contributed by atoms with van der Waals surface area (Å²) < 4.78 is 7.60. The highest BCUT2D eigenvalue weighted by molar-refractivity contribution is 7.09. The van der Waals surface area contributed by atoms with E-state index in [0.717, 1.165) is 16.6 Å². The van der Waals surface area contributed by atoms with Crippen molar-refractivity contribution in [2.24, 2.45) is 0 Å². The van der Waals surface area contributed by atoms with Gasteiger partial charge < -0.3 is 5.32 Å². The molecule has 0 bridgehead atoms. The van der Waals surface area contributed by atoms with Crippen LogP contribution in [-0.2, 0) is 6.54 Å². The molecule has 0 atom stereocenters. The fraction of sp³-hybridized carbons (Fsp3) is 0.125. The number of hydrogen-bond acceptors (Lipinski definition) is 5. The molecule has 2 aromatic heterocycles. The summed E-state index contributed by atoms with van der Waals surface area (Å²) >= 11 is 2.65. The standard InChI is InChI=1S/C8H7N3OS2/c12-8(7-5-10-14-11-7)9-4-6-2-1-3-13-6/h1-3,5H,4H2,(H,9,12). The number of rotatable bonds is 3. The van der Waals surface area contributed by atoms with Gasteiger partial charge in [0.05, 0.1) is 24.5 Å². The van der Waals surface area contributed by atoms with Crippen LogP contribution in [0.5, 0.6) is 0 Å². The van der Waals surface area contributed by atoms with Gasteiger partial charge in [-0.25, -0.2) is 0 Å². The molecule has 0 fully saturated rings. The van der Waals surface area contributed by atoms with Gasteiger partial charge in [-0.15, -0.1) is 11.3 Å². The molecule has 2 rings (SSSR count). The molecule has 0 aromatic carbocycles. The molecule has 0 saturated heterocycles. The first-order valence-electron chi connectivity index (χ1n) is 3.94. The zero-order valence-corrected chi connectivity index (χ0v) is 8.77. The molecular weight excluding hydrogens is 218 g/mol. The van der Waals surface area contributed by atoms with Gasteiger partial charge in [0.1, 0.15) is 0 Å². The van der Waals surface area contributed by atoms with E-state index in [1.54, 1.807) is 11.3 Å². The zero-order valence-electron chi connectivity index (χ0n) is 7.14. The summed E-state index contributed by atoms with van der Waals surface area (Å²) in [6.07, 6.45) is 1.47. The van der Waals surface area contributed by atoms with E-state index in [1.807, 2.05) is 17.5 Å². The summed E-state index contributed by atoms with van der Waals surface area (Å²) in [6.45, 7) is 0.550. The fourth-order valence-electron chi connectivity index (χ4n) is 0.936. The van der Waals surface area contributed by atoms with E-state index in [1.165, 1.54) is 6.20 Å². The number of nitrogens with zero attached hydrogens (tertiary/aromatic N) is 2. The molecule has 0 aliphatic heterocycles. The Kier molecular flexibility index (Phi) is 2.85. The number of nitrogens with one attached hydrogen (secondary N) is 1. The summed E-state index contributed by atoms with van der Waals surface area (Å²) in [5.74, 6) is -0.174. The predicted molar refractivity (Wildman–Crippen MR) is 55.4 cm³/mol.